The van der Waals surface area contributed by atoms with Crippen molar-refractivity contribution in [3.8, 4) is 0 Å². The van der Waals surface area contributed by atoms with Crippen molar-refractivity contribution in [1.82, 2.24) is 0 Å². The quantitative estimate of drug-likeness (QED) is 0.664. The number of carbonyl (C=O) groups excluding carboxylic acids is 1. The lowest BCUT2D eigenvalue weighted by Crippen LogP contribution is -2.11. The Balaban J connectivity index is 2.12. The van der Waals surface area contributed by atoms with E-state index in [2.05, 4.69) is 19.1 Å². The second kappa shape index (κ2) is 5.80. The number of carbonyl (C=O) groups is 1. The maximum atomic E-state index is 11.0. The minimum atomic E-state index is -0.456. The molecule has 2 aromatic rings. The SMILES string of the molecule is Cc1ccccc1CSc1ccc(C(N)=O)cc1N. The molecule has 1 amide bonds. The Labute approximate surface area is 117 Å². The number of nitrogen functional groups attached to an aromatic ring is 1. The van der Waals surface area contributed by atoms with Crippen LogP contribution in [-0.2, 0) is 5.75 Å². The summed E-state index contributed by atoms with van der Waals surface area (Å²) < 4.78 is 0. The maximum Gasteiger partial charge on any atom is 0.248 e. The number of thioether (sulfide) groups is 1. The van der Waals surface area contributed by atoms with E-state index in [9.17, 15) is 4.79 Å². The summed E-state index contributed by atoms with van der Waals surface area (Å²) in [5, 5.41) is 0. The molecular formula is C15H16N2OS. The standard InChI is InChI=1S/C15H16N2OS/c1-10-4-2-3-5-12(10)9-19-14-7-6-11(15(17)18)8-13(14)16/h2-8H,9,16H2,1H3,(H2,17,18). The molecule has 0 heterocycles. The second-order valence-corrected chi connectivity index (χ2v) is 5.35. The zero-order valence-electron chi connectivity index (χ0n) is 10.7. The van der Waals surface area contributed by atoms with Gasteiger partial charge in [-0.1, -0.05) is 24.3 Å². The number of hydrogen-bond acceptors (Lipinski definition) is 3. The molecule has 0 spiro atoms. The Hall–Kier alpha value is -1.94. The molecule has 0 atom stereocenters. The van der Waals surface area contributed by atoms with Gasteiger partial charge in [0, 0.05) is 21.9 Å². The van der Waals surface area contributed by atoms with Crippen molar-refractivity contribution in [3.63, 3.8) is 0 Å². The van der Waals surface area contributed by atoms with E-state index in [0.29, 0.717) is 11.3 Å². The summed E-state index contributed by atoms with van der Waals surface area (Å²) in [7, 11) is 0. The van der Waals surface area contributed by atoms with Gasteiger partial charge < -0.3 is 11.5 Å². The highest BCUT2D eigenvalue weighted by Crippen LogP contribution is 2.29. The van der Waals surface area contributed by atoms with Crippen LogP contribution >= 0.6 is 11.8 Å². The lowest BCUT2D eigenvalue weighted by Gasteiger charge is -2.08. The number of primary amides is 1. The van der Waals surface area contributed by atoms with Crippen LogP contribution in [0.5, 0.6) is 0 Å². The smallest absolute Gasteiger partial charge is 0.248 e. The first kappa shape index (κ1) is 13.5. The Morgan fingerprint density at radius 2 is 1.95 bits per heavy atom. The Kier molecular flexibility index (Phi) is 4.12. The van der Waals surface area contributed by atoms with Gasteiger partial charge in [0.1, 0.15) is 0 Å². The summed E-state index contributed by atoms with van der Waals surface area (Å²) in [4.78, 5) is 12.0. The van der Waals surface area contributed by atoms with Gasteiger partial charge in [-0.25, -0.2) is 0 Å². The van der Waals surface area contributed by atoms with E-state index in [1.807, 2.05) is 18.2 Å². The fourth-order valence-electron chi connectivity index (χ4n) is 1.76. The summed E-state index contributed by atoms with van der Waals surface area (Å²) in [6, 6.07) is 13.4. The molecule has 4 heteroatoms. The molecule has 3 nitrogen and oxygen atoms in total. The lowest BCUT2D eigenvalue weighted by atomic mass is 10.1. The summed E-state index contributed by atoms with van der Waals surface area (Å²) >= 11 is 1.66. The topological polar surface area (TPSA) is 69.1 Å². The van der Waals surface area contributed by atoms with Gasteiger partial charge in [-0.2, -0.15) is 0 Å². The molecule has 4 N–H and O–H groups in total. The van der Waals surface area contributed by atoms with Crippen molar-refractivity contribution in [2.75, 3.05) is 5.73 Å². The van der Waals surface area contributed by atoms with Crippen LogP contribution in [0.1, 0.15) is 21.5 Å². The highest BCUT2D eigenvalue weighted by Gasteiger charge is 2.06. The third-order valence-electron chi connectivity index (χ3n) is 2.94. The van der Waals surface area contributed by atoms with Crippen LogP contribution in [-0.4, -0.2) is 5.91 Å². The Morgan fingerprint density at radius 3 is 2.58 bits per heavy atom. The molecule has 2 aromatic carbocycles. The molecule has 98 valence electrons. The highest BCUT2D eigenvalue weighted by atomic mass is 32.2. The monoisotopic (exact) mass is 272 g/mol. The van der Waals surface area contributed by atoms with Gasteiger partial charge in [-0.15, -0.1) is 11.8 Å². The molecule has 0 aliphatic carbocycles. The van der Waals surface area contributed by atoms with E-state index >= 15 is 0 Å². The van der Waals surface area contributed by atoms with E-state index in [4.69, 9.17) is 11.5 Å². The minimum Gasteiger partial charge on any atom is -0.398 e. The van der Waals surface area contributed by atoms with Crippen LogP contribution in [0.4, 0.5) is 5.69 Å². The molecular weight excluding hydrogens is 256 g/mol. The third kappa shape index (κ3) is 3.29. The maximum absolute atomic E-state index is 11.0. The Bertz CT molecular complexity index is 611. The number of hydrogen-bond donors (Lipinski definition) is 2. The Morgan fingerprint density at radius 1 is 1.21 bits per heavy atom. The molecule has 0 bridgehead atoms. The van der Waals surface area contributed by atoms with Gasteiger partial charge in [0.2, 0.25) is 5.91 Å². The van der Waals surface area contributed by atoms with Crippen LogP contribution in [0.3, 0.4) is 0 Å². The first-order chi connectivity index (χ1) is 9.08. The number of nitrogens with two attached hydrogens (primary N) is 2. The van der Waals surface area contributed by atoms with Crippen molar-refractivity contribution in [1.29, 1.82) is 0 Å². The van der Waals surface area contributed by atoms with Crippen molar-refractivity contribution < 1.29 is 4.79 Å². The van der Waals surface area contributed by atoms with Crippen LogP contribution in [0.2, 0.25) is 0 Å². The number of anilines is 1. The summed E-state index contributed by atoms with van der Waals surface area (Å²) in [5.74, 6) is 0.398. The van der Waals surface area contributed by atoms with Crippen molar-refractivity contribution in [2.45, 2.75) is 17.6 Å². The summed E-state index contributed by atoms with van der Waals surface area (Å²) in [6.45, 7) is 2.09. The molecule has 0 aliphatic heterocycles. The van der Waals surface area contributed by atoms with Crippen molar-refractivity contribution in [2.24, 2.45) is 5.73 Å². The molecule has 0 saturated heterocycles. The predicted molar refractivity (Wildman–Crippen MR) is 80.1 cm³/mol. The first-order valence-electron chi connectivity index (χ1n) is 5.94. The van der Waals surface area contributed by atoms with Gasteiger partial charge in [0.15, 0.2) is 0 Å². The molecule has 0 saturated carbocycles. The molecule has 19 heavy (non-hydrogen) atoms. The van der Waals surface area contributed by atoms with Gasteiger partial charge in [-0.3, -0.25) is 4.79 Å². The first-order valence-corrected chi connectivity index (χ1v) is 6.93. The van der Waals surface area contributed by atoms with E-state index in [1.165, 1.54) is 11.1 Å². The van der Waals surface area contributed by atoms with Crippen LogP contribution in [0, 0.1) is 6.92 Å². The molecule has 0 aliphatic rings. The fraction of sp³-hybridized carbons (Fsp3) is 0.133. The van der Waals surface area contributed by atoms with Crippen molar-refractivity contribution in [3.05, 3.63) is 59.2 Å². The normalized spacial score (nSPS) is 10.4. The molecule has 2 rings (SSSR count). The average Bonchev–Trinajstić information content (AvgIpc) is 2.39. The lowest BCUT2D eigenvalue weighted by molar-refractivity contribution is 0.100. The average molecular weight is 272 g/mol. The van der Waals surface area contributed by atoms with Gasteiger partial charge in [0.25, 0.3) is 0 Å². The molecule has 0 fully saturated rings. The number of benzene rings is 2. The summed E-state index contributed by atoms with van der Waals surface area (Å²) in [6.07, 6.45) is 0. The van der Waals surface area contributed by atoms with Crippen LogP contribution in [0.15, 0.2) is 47.4 Å². The van der Waals surface area contributed by atoms with Crippen LogP contribution in [0.25, 0.3) is 0 Å². The van der Waals surface area contributed by atoms with Gasteiger partial charge in [0.05, 0.1) is 0 Å². The molecule has 0 radical (unpaired) electrons. The minimum absolute atomic E-state index is 0.442. The molecule has 0 unspecified atom stereocenters. The van der Waals surface area contributed by atoms with Crippen LogP contribution < -0.4 is 11.5 Å². The number of amides is 1. The zero-order chi connectivity index (χ0) is 13.8. The highest BCUT2D eigenvalue weighted by molar-refractivity contribution is 7.98. The number of aryl methyl sites for hydroxylation is 1. The third-order valence-corrected chi connectivity index (χ3v) is 4.08. The largest absolute Gasteiger partial charge is 0.398 e. The van der Waals surface area contributed by atoms with Crippen molar-refractivity contribution >= 4 is 23.4 Å². The fourth-order valence-corrected chi connectivity index (χ4v) is 2.79. The van der Waals surface area contributed by atoms with Gasteiger partial charge in [-0.05, 0) is 36.2 Å². The van der Waals surface area contributed by atoms with E-state index < -0.39 is 5.91 Å². The second-order valence-electron chi connectivity index (χ2n) is 4.33. The molecule has 0 aromatic heterocycles. The van der Waals surface area contributed by atoms with E-state index in [1.54, 1.807) is 23.9 Å². The summed E-state index contributed by atoms with van der Waals surface area (Å²) in [5.41, 5.74) is 14.7. The number of rotatable bonds is 4. The predicted octanol–water partition coefficient (Wildman–Crippen LogP) is 2.97. The van der Waals surface area contributed by atoms with E-state index in [-0.39, 0.29) is 0 Å². The van der Waals surface area contributed by atoms with E-state index in [0.717, 1.165) is 10.6 Å². The van der Waals surface area contributed by atoms with Gasteiger partial charge >= 0.3 is 0 Å². The zero-order valence-corrected chi connectivity index (χ0v) is 11.5.